The first-order valence-electron chi connectivity index (χ1n) is 5.91. The summed E-state index contributed by atoms with van der Waals surface area (Å²) in [6.07, 6.45) is 1.02. The maximum Gasteiger partial charge on any atom is 0.204 e. The van der Waals surface area contributed by atoms with Crippen LogP contribution in [0.5, 0.6) is 0 Å². The number of hydrogen-bond acceptors (Lipinski definition) is 3. The van der Waals surface area contributed by atoms with Crippen LogP contribution < -0.4 is 10.8 Å². The third kappa shape index (κ3) is 1.88. The van der Waals surface area contributed by atoms with Gasteiger partial charge in [0.1, 0.15) is 5.49 Å². The van der Waals surface area contributed by atoms with Gasteiger partial charge in [-0.2, -0.15) is 0 Å². The lowest BCUT2D eigenvalue weighted by Gasteiger charge is -2.20. The van der Waals surface area contributed by atoms with E-state index in [2.05, 4.69) is 10.3 Å². The molecule has 0 unspecified atom stereocenters. The molecule has 2 aromatic rings. The number of aromatic nitrogens is 2. The van der Waals surface area contributed by atoms with Crippen molar-refractivity contribution >= 4 is 17.5 Å². The van der Waals surface area contributed by atoms with E-state index in [0.29, 0.717) is 10.5 Å². The first kappa shape index (κ1) is 11.3. The van der Waals surface area contributed by atoms with Gasteiger partial charge in [-0.05, 0) is 12.5 Å². The van der Waals surface area contributed by atoms with Gasteiger partial charge in [0.05, 0.1) is 5.69 Å². The summed E-state index contributed by atoms with van der Waals surface area (Å²) < 4.78 is 1.88. The summed E-state index contributed by atoms with van der Waals surface area (Å²) >= 11 is 6.17. The fourth-order valence-electron chi connectivity index (χ4n) is 2.13. The van der Waals surface area contributed by atoms with E-state index >= 15 is 0 Å². The van der Waals surface area contributed by atoms with Crippen molar-refractivity contribution in [2.24, 2.45) is 0 Å². The molecule has 3 rings (SSSR count). The first-order valence-corrected chi connectivity index (χ1v) is 6.29. The fraction of sp³-hybridized carbons (Fsp3) is 0.231. The number of fused-ring (bicyclic) bond motifs is 1. The quantitative estimate of drug-likeness (QED) is 0.828. The second-order valence-electron chi connectivity index (χ2n) is 4.26. The highest BCUT2D eigenvalue weighted by Gasteiger charge is 2.12. The van der Waals surface area contributed by atoms with Crippen molar-refractivity contribution in [3.8, 4) is 11.3 Å². The molecule has 1 aromatic heterocycles. The lowest BCUT2D eigenvalue weighted by Crippen LogP contribution is -2.30. The molecular weight excluding hydrogens is 248 g/mol. The maximum atomic E-state index is 8.05. The van der Waals surface area contributed by atoms with Crippen molar-refractivity contribution < 1.29 is 0 Å². The van der Waals surface area contributed by atoms with Crippen LogP contribution in [0.1, 0.15) is 6.42 Å². The Morgan fingerprint density at radius 1 is 1.33 bits per heavy atom. The smallest absolute Gasteiger partial charge is 0.204 e. The van der Waals surface area contributed by atoms with Crippen molar-refractivity contribution in [2.75, 3.05) is 11.9 Å². The summed E-state index contributed by atoms with van der Waals surface area (Å²) in [6, 6.07) is 9.33. The van der Waals surface area contributed by atoms with Crippen LogP contribution in [-0.2, 0) is 6.54 Å². The third-order valence-corrected chi connectivity index (χ3v) is 3.37. The van der Waals surface area contributed by atoms with Crippen LogP contribution in [0.3, 0.4) is 0 Å². The summed E-state index contributed by atoms with van der Waals surface area (Å²) in [6.45, 7) is 1.75. The number of rotatable bonds is 1. The number of anilines is 1. The topological polar surface area (TPSA) is 53.7 Å². The van der Waals surface area contributed by atoms with E-state index in [-0.39, 0.29) is 0 Å². The van der Waals surface area contributed by atoms with E-state index in [1.54, 1.807) is 6.07 Å². The average molecular weight is 261 g/mol. The van der Waals surface area contributed by atoms with Crippen LogP contribution >= 0.6 is 11.6 Å². The number of hydrogen-bond donors (Lipinski definition) is 2. The molecule has 2 heterocycles. The van der Waals surface area contributed by atoms with Crippen LogP contribution in [0.15, 0.2) is 30.3 Å². The van der Waals surface area contributed by atoms with E-state index in [0.717, 1.165) is 36.7 Å². The molecule has 18 heavy (non-hydrogen) atoms. The molecule has 0 atom stereocenters. The third-order valence-electron chi connectivity index (χ3n) is 3.04. The molecule has 0 bridgehead atoms. The van der Waals surface area contributed by atoms with Gasteiger partial charge in [-0.1, -0.05) is 29.8 Å². The number of halogens is 1. The highest BCUT2D eigenvalue weighted by atomic mass is 35.5. The van der Waals surface area contributed by atoms with Crippen molar-refractivity contribution in [2.45, 2.75) is 13.0 Å². The average Bonchev–Trinajstić information content (AvgIpc) is 2.39. The molecule has 0 saturated heterocycles. The molecule has 0 saturated carbocycles. The zero-order chi connectivity index (χ0) is 12.5. The van der Waals surface area contributed by atoms with Crippen molar-refractivity contribution in [1.82, 2.24) is 9.55 Å². The predicted octanol–water partition coefficient (Wildman–Crippen LogP) is 2.50. The molecule has 92 valence electrons. The molecule has 0 spiro atoms. The maximum absolute atomic E-state index is 8.05. The second-order valence-corrected chi connectivity index (χ2v) is 4.67. The largest absolute Gasteiger partial charge is 0.356 e. The molecule has 1 aromatic carbocycles. The number of benzene rings is 1. The lowest BCUT2D eigenvalue weighted by molar-refractivity contribution is 0.584. The molecule has 1 aliphatic heterocycles. The van der Waals surface area contributed by atoms with Crippen molar-refractivity contribution in [3.63, 3.8) is 0 Å². The Balaban J connectivity index is 2.17. The van der Waals surface area contributed by atoms with E-state index in [1.807, 2.05) is 28.8 Å². The van der Waals surface area contributed by atoms with Gasteiger partial charge in [0.2, 0.25) is 5.95 Å². The summed E-state index contributed by atoms with van der Waals surface area (Å²) in [4.78, 5) is 4.55. The lowest BCUT2D eigenvalue weighted by atomic mass is 10.1. The Kier molecular flexibility index (Phi) is 2.80. The van der Waals surface area contributed by atoms with Gasteiger partial charge in [0.25, 0.3) is 0 Å². The molecule has 0 fully saturated rings. The second kappa shape index (κ2) is 4.46. The predicted molar refractivity (Wildman–Crippen MR) is 71.6 cm³/mol. The zero-order valence-corrected chi connectivity index (χ0v) is 10.5. The monoisotopic (exact) mass is 260 g/mol. The molecule has 2 N–H and O–H groups in total. The molecule has 4 nitrogen and oxygen atoms in total. The van der Waals surface area contributed by atoms with Crippen LogP contribution in [0.4, 0.5) is 5.95 Å². The minimum absolute atomic E-state index is 0.460. The van der Waals surface area contributed by atoms with Crippen LogP contribution in [-0.4, -0.2) is 16.1 Å². The Morgan fingerprint density at radius 3 is 3.00 bits per heavy atom. The van der Waals surface area contributed by atoms with Gasteiger partial charge in [-0.25, -0.2) is 4.98 Å². The van der Waals surface area contributed by atoms with E-state index in [1.165, 1.54) is 0 Å². The highest BCUT2D eigenvalue weighted by molar-refractivity contribution is 6.33. The number of nitrogens with zero attached hydrogens (tertiary/aromatic N) is 2. The Bertz CT molecular complexity index is 648. The molecule has 5 heteroatoms. The van der Waals surface area contributed by atoms with Crippen molar-refractivity contribution in [1.29, 1.82) is 5.41 Å². The van der Waals surface area contributed by atoms with Gasteiger partial charge in [-0.3, -0.25) is 9.98 Å². The fourth-order valence-corrected chi connectivity index (χ4v) is 2.37. The normalized spacial score (nSPS) is 13.8. The SMILES string of the molecule is N=c1cc(-c2ccccc2Cl)nc2n1CCCN2. The Hall–Kier alpha value is -1.81. The molecular formula is C13H13ClN4. The van der Waals surface area contributed by atoms with Gasteiger partial charge in [0.15, 0.2) is 0 Å². The van der Waals surface area contributed by atoms with Gasteiger partial charge >= 0.3 is 0 Å². The summed E-state index contributed by atoms with van der Waals surface area (Å²) in [7, 11) is 0. The van der Waals surface area contributed by atoms with Gasteiger partial charge in [0, 0.05) is 29.7 Å². The van der Waals surface area contributed by atoms with Gasteiger partial charge < -0.3 is 5.32 Å². The van der Waals surface area contributed by atoms with E-state index in [4.69, 9.17) is 17.0 Å². The van der Waals surface area contributed by atoms with Crippen LogP contribution in [0.2, 0.25) is 5.02 Å². The summed E-state index contributed by atoms with van der Waals surface area (Å²) in [5.41, 5.74) is 2.07. The standard InChI is InChI=1S/C13H13ClN4/c14-10-5-2-1-4-9(10)11-8-12(15)18-7-3-6-16-13(18)17-11/h1-2,4-5,8,15H,3,6-7H2,(H,16,17). The van der Waals surface area contributed by atoms with Gasteiger partial charge in [-0.15, -0.1) is 0 Å². The van der Waals surface area contributed by atoms with E-state index in [9.17, 15) is 0 Å². The minimum atomic E-state index is 0.460. The molecule has 0 radical (unpaired) electrons. The Labute approximate surface area is 110 Å². The number of nitrogens with one attached hydrogen (secondary N) is 2. The molecule has 1 aliphatic rings. The van der Waals surface area contributed by atoms with Crippen LogP contribution in [0, 0.1) is 5.41 Å². The zero-order valence-electron chi connectivity index (χ0n) is 9.78. The summed E-state index contributed by atoms with van der Waals surface area (Å²) in [5.74, 6) is 0.753. The first-order chi connectivity index (χ1) is 8.75. The highest BCUT2D eigenvalue weighted by Crippen LogP contribution is 2.26. The summed E-state index contributed by atoms with van der Waals surface area (Å²) in [5, 5.41) is 11.9. The van der Waals surface area contributed by atoms with Crippen molar-refractivity contribution in [3.05, 3.63) is 40.8 Å². The Morgan fingerprint density at radius 2 is 2.17 bits per heavy atom. The minimum Gasteiger partial charge on any atom is -0.356 e. The molecule has 0 aliphatic carbocycles. The molecule has 0 amide bonds. The van der Waals surface area contributed by atoms with Crippen LogP contribution in [0.25, 0.3) is 11.3 Å². The van der Waals surface area contributed by atoms with E-state index < -0.39 is 0 Å².